The van der Waals surface area contributed by atoms with Gasteiger partial charge in [-0.2, -0.15) is 4.98 Å². The van der Waals surface area contributed by atoms with Gasteiger partial charge in [0.15, 0.2) is 0 Å². The predicted octanol–water partition coefficient (Wildman–Crippen LogP) is 1.30. The van der Waals surface area contributed by atoms with E-state index in [2.05, 4.69) is 43.8 Å². The summed E-state index contributed by atoms with van der Waals surface area (Å²) in [6.45, 7) is 5.09. The molecule has 3 rings (SSSR count). The van der Waals surface area contributed by atoms with Crippen LogP contribution in [0.4, 0.5) is 11.8 Å². The molecule has 0 bridgehead atoms. The molecular formula is C17H24N6. The third-order valence-corrected chi connectivity index (χ3v) is 4.28. The number of pyridine rings is 1. The van der Waals surface area contributed by atoms with E-state index in [-0.39, 0.29) is 0 Å². The molecule has 1 fully saturated rings. The lowest BCUT2D eigenvalue weighted by molar-refractivity contribution is 0.312. The van der Waals surface area contributed by atoms with Gasteiger partial charge in [-0.15, -0.1) is 0 Å². The molecule has 122 valence electrons. The van der Waals surface area contributed by atoms with E-state index in [1.54, 1.807) is 0 Å². The van der Waals surface area contributed by atoms with Gasteiger partial charge in [0.25, 0.3) is 0 Å². The van der Waals surface area contributed by atoms with E-state index < -0.39 is 0 Å². The van der Waals surface area contributed by atoms with Gasteiger partial charge in [0.05, 0.1) is 0 Å². The third-order valence-electron chi connectivity index (χ3n) is 4.28. The van der Waals surface area contributed by atoms with Gasteiger partial charge in [-0.1, -0.05) is 0 Å². The Kier molecular flexibility index (Phi) is 5.02. The minimum atomic E-state index is 0.787. The lowest BCUT2D eigenvalue weighted by atomic mass is 10.2. The summed E-state index contributed by atoms with van der Waals surface area (Å²) in [7, 11) is 4.21. The Hall–Kier alpha value is -2.21. The Bertz CT molecular complexity index is 609. The third kappa shape index (κ3) is 4.16. The van der Waals surface area contributed by atoms with Gasteiger partial charge in [0, 0.05) is 58.4 Å². The minimum absolute atomic E-state index is 0.787. The summed E-state index contributed by atoms with van der Waals surface area (Å²) < 4.78 is 0. The normalized spacial score (nSPS) is 15.7. The summed E-state index contributed by atoms with van der Waals surface area (Å²) in [5.41, 5.74) is 1.28. The van der Waals surface area contributed by atoms with E-state index in [4.69, 9.17) is 4.98 Å². The second kappa shape index (κ2) is 7.37. The van der Waals surface area contributed by atoms with Crippen molar-refractivity contribution < 1.29 is 0 Å². The monoisotopic (exact) mass is 312 g/mol. The molecule has 6 heteroatoms. The van der Waals surface area contributed by atoms with Crippen molar-refractivity contribution in [2.45, 2.75) is 6.42 Å². The Labute approximate surface area is 137 Å². The van der Waals surface area contributed by atoms with Gasteiger partial charge in [-0.25, -0.2) is 4.98 Å². The fourth-order valence-corrected chi connectivity index (χ4v) is 2.68. The highest BCUT2D eigenvalue weighted by Gasteiger charge is 2.16. The average Bonchev–Trinajstić information content (AvgIpc) is 2.61. The average molecular weight is 312 g/mol. The van der Waals surface area contributed by atoms with Crippen LogP contribution in [0.3, 0.4) is 0 Å². The first-order chi connectivity index (χ1) is 11.2. The number of hydrogen-bond donors (Lipinski definition) is 0. The smallest absolute Gasteiger partial charge is 0.227 e. The van der Waals surface area contributed by atoms with Gasteiger partial charge >= 0.3 is 0 Å². The zero-order chi connectivity index (χ0) is 16.1. The molecule has 0 saturated carbocycles. The Morgan fingerprint density at radius 3 is 2.52 bits per heavy atom. The molecule has 0 spiro atoms. The van der Waals surface area contributed by atoms with Gasteiger partial charge in [-0.05, 0) is 37.2 Å². The molecule has 0 radical (unpaired) electrons. The van der Waals surface area contributed by atoms with Crippen LogP contribution in [0.5, 0.6) is 0 Å². The molecule has 1 aliphatic heterocycles. The zero-order valence-corrected chi connectivity index (χ0v) is 13.9. The summed E-state index contributed by atoms with van der Waals surface area (Å²) in [5, 5.41) is 0. The van der Waals surface area contributed by atoms with Crippen molar-refractivity contribution in [2.75, 3.05) is 56.6 Å². The quantitative estimate of drug-likeness (QED) is 0.829. The maximum Gasteiger partial charge on any atom is 0.227 e. The van der Waals surface area contributed by atoms with Crippen molar-refractivity contribution in [1.82, 2.24) is 19.9 Å². The SMILES string of the molecule is CN1CCN(c2ccnc(N(C)CCc3ccncc3)n2)CC1. The summed E-state index contributed by atoms with van der Waals surface area (Å²) in [4.78, 5) is 20.0. The van der Waals surface area contributed by atoms with E-state index in [0.717, 1.165) is 50.9 Å². The first-order valence-corrected chi connectivity index (χ1v) is 8.09. The molecule has 0 unspecified atom stereocenters. The van der Waals surface area contributed by atoms with Crippen molar-refractivity contribution in [3.8, 4) is 0 Å². The van der Waals surface area contributed by atoms with Crippen LogP contribution >= 0.6 is 0 Å². The molecule has 2 aromatic heterocycles. The standard InChI is InChI=1S/C17H24N6/c1-21-11-13-23(14-12-21)16-5-9-19-17(20-16)22(2)10-6-15-3-7-18-8-4-15/h3-5,7-9H,6,10-14H2,1-2H3. The van der Waals surface area contributed by atoms with Crippen molar-refractivity contribution in [1.29, 1.82) is 0 Å². The molecule has 1 aliphatic rings. The van der Waals surface area contributed by atoms with E-state index in [0.29, 0.717) is 0 Å². The number of nitrogens with zero attached hydrogens (tertiary/aromatic N) is 6. The van der Waals surface area contributed by atoms with Crippen LogP contribution in [-0.2, 0) is 6.42 Å². The molecule has 0 N–H and O–H groups in total. The van der Waals surface area contributed by atoms with Crippen molar-refractivity contribution in [3.05, 3.63) is 42.4 Å². The minimum Gasteiger partial charge on any atom is -0.354 e. The molecule has 0 aromatic carbocycles. The Morgan fingerprint density at radius 2 is 1.78 bits per heavy atom. The molecule has 2 aromatic rings. The maximum atomic E-state index is 4.74. The van der Waals surface area contributed by atoms with Gasteiger partial charge in [0.1, 0.15) is 5.82 Å². The van der Waals surface area contributed by atoms with Crippen LogP contribution in [-0.4, -0.2) is 66.7 Å². The van der Waals surface area contributed by atoms with Crippen LogP contribution in [0.15, 0.2) is 36.8 Å². The first-order valence-electron chi connectivity index (χ1n) is 8.09. The van der Waals surface area contributed by atoms with Crippen molar-refractivity contribution in [3.63, 3.8) is 0 Å². The van der Waals surface area contributed by atoms with E-state index in [9.17, 15) is 0 Å². The van der Waals surface area contributed by atoms with E-state index in [1.807, 2.05) is 31.7 Å². The Balaban J connectivity index is 1.62. The van der Waals surface area contributed by atoms with E-state index in [1.165, 1.54) is 5.56 Å². The van der Waals surface area contributed by atoms with Crippen molar-refractivity contribution in [2.24, 2.45) is 0 Å². The first kappa shape index (κ1) is 15.7. The lowest BCUT2D eigenvalue weighted by Gasteiger charge is -2.33. The summed E-state index contributed by atoms with van der Waals surface area (Å²) in [5.74, 6) is 1.81. The number of aromatic nitrogens is 3. The number of hydrogen-bond acceptors (Lipinski definition) is 6. The fourth-order valence-electron chi connectivity index (χ4n) is 2.68. The number of rotatable bonds is 5. The summed E-state index contributed by atoms with van der Waals surface area (Å²) >= 11 is 0. The molecule has 0 atom stereocenters. The molecule has 0 aliphatic carbocycles. The van der Waals surface area contributed by atoms with Crippen LogP contribution in [0, 0.1) is 0 Å². The Morgan fingerprint density at radius 1 is 1.04 bits per heavy atom. The maximum absolute atomic E-state index is 4.74. The highest BCUT2D eigenvalue weighted by atomic mass is 15.3. The predicted molar refractivity (Wildman–Crippen MR) is 93.0 cm³/mol. The summed E-state index contributed by atoms with van der Waals surface area (Å²) in [6.07, 6.45) is 6.49. The second-order valence-electron chi connectivity index (χ2n) is 6.03. The fraction of sp³-hybridized carbons (Fsp3) is 0.471. The molecule has 3 heterocycles. The largest absolute Gasteiger partial charge is 0.354 e. The molecule has 6 nitrogen and oxygen atoms in total. The van der Waals surface area contributed by atoms with Crippen LogP contribution in [0.1, 0.15) is 5.56 Å². The number of piperazine rings is 1. The van der Waals surface area contributed by atoms with Crippen LogP contribution in [0.25, 0.3) is 0 Å². The molecular weight excluding hydrogens is 288 g/mol. The van der Waals surface area contributed by atoms with Gasteiger partial charge < -0.3 is 14.7 Å². The second-order valence-corrected chi connectivity index (χ2v) is 6.03. The van der Waals surface area contributed by atoms with Crippen LogP contribution < -0.4 is 9.80 Å². The molecule has 23 heavy (non-hydrogen) atoms. The van der Waals surface area contributed by atoms with Crippen LogP contribution in [0.2, 0.25) is 0 Å². The van der Waals surface area contributed by atoms with Crippen molar-refractivity contribution >= 4 is 11.8 Å². The number of likely N-dealkylation sites (N-methyl/N-ethyl adjacent to an activating group) is 2. The summed E-state index contributed by atoms with van der Waals surface area (Å²) in [6, 6.07) is 6.11. The number of anilines is 2. The van der Waals surface area contributed by atoms with Gasteiger partial charge in [-0.3, -0.25) is 4.98 Å². The molecule has 0 amide bonds. The van der Waals surface area contributed by atoms with E-state index >= 15 is 0 Å². The highest BCUT2D eigenvalue weighted by molar-refractivity contribution is 5.44. The molecule has 1 saturated heterocycles. The topological polar surface area (TPSA) is 48.4 Å². The van der Waals surface area contributed by atoms with Gasteiger partial charge in [0.2, 0.25) is 5.95 Å². The zero-order valence-electron chi connectivity index (χ0n) is 13.9. The highest BCUT2D eigenvalue weighted by Crippen LogP contribution is 2.16. The lowest BCUT2D eigenvalue weighted by Crippen LogP contribution is -2.44.